The van der Waals surface area contributed by atoms with Gasteiger partial charge in [0, 0.05) is 54.4 Å². The van der Waals surface area contributed by atoms with Crippen LogP contribution in [0.25, 0.3) is 33.6 Å². The summed E-state index contributed by atoms with van der Waals surface area (Å²) in [7, 11) is 3.13. The summed E-state index contributed by atoms with van der Waals surface area (Å²) < 4.78 is 11.2. The van der Waals surface area contributed by atoms with Crippen LogP contribution in [0.2, 0.25) is 10.0 Å². The SMILES string of the molecule is COc1nc(-c2cccc(-c3cccc(-c4cnc(CNC[C@H]5C[C@@](C)(O)C5)c(OC)n4)c3Cl)c2Cl)cnc1CNC[C@@H]1CCC(=O)N1. The molecule has 3 heterocycles. The standard InChI is InChI=1S/C35H39Cl2N7O4/c1-35(46)12-20(13-35)14-38-16-28-33(47-2)43-26(18-40-28)24-8-4-6-22(31(24)36)23-7-5-9-25(32(23)37)27-19-41-29(34(44-27)48-3)17-39-15-21-10-11-30(45)42-21/h4-9,18-21,38-39,46H,10-17H2,1-3H3,(H,42,45)/t20-,21-,35+/m0/s1. The van der Waals surface area contributed by atoms with Crippen molar-refractivity contribution >= 4 is 29.1 Å². The molecule has 2 fully saturated rings. The third kappa shape index (κ3) is 7.55. The highest BCUT2D eigenvalue weighted by molar-refractivity contribution is 6.39. The molecule has 1 aliphatic carbocycles. The molecule has 2 aromatic carbocycles. The van der Waals surface area contributed by atoms with E-state index in [1.54, 1.807) is 26.6 Å². The average Bonchev–Trinajstić information content (AvgIpc) is 3.49. The second-order valence-corrected chi connectivity index (χ2v) is 13.3. The number of hydrogen-bond acceptors (Lipinski definition) is 10. The van der Waals surface area contributed by atoms with E-state index in [1.165, 1.54) is 0 Å². The number of ether oxygens (including phenoxy) is 2. The van der Waals surface area contributed by atoms with Gasteiger partial charge < -0.3 is 30.5 Å². The molecular formula is C35H39Cl2N7O4. The zero-order valence-electron chi connectivity index (χ0n) is 27.1. The van der Waals surface area contributed by atoms with Gasteiger partial charge in [0.1, 0.15) is 11.4 Å². The quantitative estimate of drug-likeness (QED) is 0.148. The highest BCUT2D eigenvalue weighted by atomic mass is 35.5. The van der Waals surface area contributed by atoms with Gasteiger partial charge in [0.05, 0.1) is 53.6 Å². The summed E-state index contributed by atoms with van der Waals surface area (Å²) in [5.74, 6) is 1.33. The molecule has 1 amide bonds. The van der Waals surface area contributed by atoms with Crippen LogP contribution in [0.1, 0.15) is 44.0 Å². The summed E-state index contributed by atoms with van der Waals surface area (Å²) in [6.07, 6.45) is 6.32. The van der Waals surface area contributed by atoms with E-state index in [1.807, 2.05) is 43.3 Å². The van der Waals surface area contributed by atoms with Gasteiger partial charge in [-0.25, -0.2) is 9.97 Å². The second kappa shape index (κ2) is 14.7. The zero-order chi connectivity index (χ0) is 33.8. The van der Waals surface area contributed by atoms with Gasteiger partial charge in [-0.1, -0.05) is 59.6 Å². The number of nitrogens with zero attached hydrogens (tertiary/aromatic N) is 4. The number of nitrogens with one attached hydrogen (secondary N) is 3. The molecule has 4 aromatic rings. The van der Waals surface area contributed by atoms with E-state index in [4.69, 9.17) is 42.6 Å². The number of benzene rings is 2. The molecule has 2 aliphatic rings. The van der Waals surface area contributed by atoms with E-state index < -0.39 is 5.60 Å². The molecule has 252 valence electrons. The van der Waals surface area contributed by atoms with Gasteiger partial charge in [-0.3, -0.25) is 14.8 Å². The van der Waals surface area contributed by atoms with Gasteiger partial charge >= 0.3 is 0 Å². The molecule has 13 heteroatoms. The Labute approximate surface area is 289 Å². The average molecular weight is 693 g/mol. The smallest absolute Gasteiger partial charge is 0.237 e. The van der Waals surface area contributed by atoms with Crippen LogP contribution in [-0.2, 0) is 17.9 Å². The van der Waals surface area contributed by atoms with E-state index in [2.05, 4.69) is 25.9 Å². The molecule has 1 aliphatic heterocycles. The number of methoxy groups -OCH3 is 2. The lowest BCUT2D eigenvalue weighted by Crippen LogP contribution is -2.44. The summed E-state index contributed by atoms with van der Waals surface area (Å²) in [5, 5.41) is 20.6. The Kier molecular flexibility index (Phi) is 10.4. The maximum Gasteiger partial charge on any atom is 0.237 e. The lowest BCUT2D eigenvalue weighted by Gasteiger charge is -2.41. The van der Waals surface area contributed by atoms with Crippen LogP contribution in [0.4, 0.5) is 0 Å². The highest BCUT2D eigenvalue weighted by Gasteiger charge is 2.37. The van der Waals surface area contributed by atoms with Crippen LogP contribution in [0, 0.1) is 5.92 Å². The van der Waals surface area contributed by atoms with Gasteiger partial charge in [-0.2, -0.15) is 0 Å². The fourth-order valence-corrected chi connectivity index (χ4v) is 7.07. The lowest BCUT2D eigenvalue weighted by molar-refractivity contribution is -0.119. The zero-order valence-corrected chi connectivity index (χ0v) is 28.7. The van der Waals surface area contributed by atoms with Gasteiger partial charge in [-0.05, 0) is 38.6 Å². The predicted octanol–water partition coefficient (Wildman–Crippen LogP) is 5.21. The van der Waals surface area contributed by atoms with Crippen molar-refractivity contribution in [1.82, 2.24) is 35.9 Å². The molecule has 1 saturated heterocycles. The number of amides is 1. The normalized spacial score (nSPS) is 20.3. The van der Waals surface area contributed by atoms with Crippen LogP contribution in [0.15, 0.2) is 48.8 Å². The molecule has 2 aromatic heterocycles. The fourth-order valence-electron chi connectivity index (χ4n) is 6.42. The Bertz CT molecular complexity index is 1800. The third-order valence-corrected chi connectivity index (χ3v) is 9.61. The summed E-state index contributed by atoms with van der Waals surface area (Å²) in [4.78, 5) is 30.2. The van der Waals surface area contributed by atoms with Crippen molar-refractivity contribution in [3.63, 3.8) is 0 Å². The number of carbonyl (C=O) groups excluding carboxylic acids is 1. The van der Waals surface area contributed by atoms with Gasteiger partial charge in [-0.15, -0.1) is 0 Å². The molecule has 48 heavy (non-hydrogen) atoms. The van der Waals surface area contributed by atoms with Gasteiger partial charge in [0.2, 0.25) is 17.7 Å². The number of carbonyl (C=O) groups is 1. The van der Waals surface area contributed by atoms with Gasteiger partial charge in [0.25, 0.3) is 0 Å². The second-order valence-electron chi connectivity index (χ2n) is 12.6. The molecule has 0 radical (unpaired) electrons. The topological polar surface area (TPSA) is 143 Å². The summed E-state index contributed by atoms with van der Waals surface area (Å²) in [5.41, 5.74) is 4.74. The van der Waals surface area contributed by atoms with Crippen molar-refractivity contribution in [2.24, 2.45) is 5.92 Å². The van der Waals surface area contributed by atoms with Crippen molar-refractivity contribution < 1.29 is 19.4 Å². The Morgan fingerprint density at radius 2 is 1.35 bits per heavy atom. The van der Waals surface area contributed by atoms with Crippen LogP contribution in [-0.4, -0.2) is 69.9 Å². The number of aliphatic hydroxyl groups is 1. The fraction of sp³-hybridized carbons (Fsp3) is 0.400. The number of rotatable bonds is 13. The van der Waals surface area contributed by atoms with Gasteiger partial charge in [0.15, 0.2) is 0 Å². The number of hydrogen-bond donors (Lipinski definition) is 4. The molecule has 1 saturated carbocycles. The summed E-state index contributed by atoms with van der Waals surface area (Å²) in [6, 6.07) is 11.5. The molecule has 11 nitrogen and oxygen atoms in total. The number of aromatic nitrogens is 4. The minimum absolute atomic E-state index is 0.0827. The molecule has 4 N–H and O–H groups in total. The van der Waals surface area contributed by atoms with Crippen molar-refractivity contribution in [3.8, 4) is 45.4 Å². The minimum atomic E-state index is -0.548. The van der Waals surface area contributed by atoms with Crippen LogP contribution >= 0.6 is 23.2 Å². The third-order valence-electron chi connectivity index (χ3n) is 8.80. The first-order chi connectivity index (χ1) is 23.2. The predicted molar refractivity (Wildman–Crippen MR) is 185 cm³/mol. The van der Waals surface area contributed by atoms with E-state index in [9.17, 15) is 9.90 Å². The monoisotopic (exact) mass is 691 g/mol. The Hall–Kier alpha value is -3.87. The maximum absolute atomic E-state index is 11.5. The van der Waals surface area contributed by atoms with Crippen molar-refractivity contribution in [2.75, 3.05) is 27.3 Å². The van der Waals surface area contributed by atoms with Crippen LogP contribution < -0.4 is 25.4 Å². The van der Waals surface area contributed by atoms with Crippen LogP contribution in [0.3, 0.4) is 0 Å². The van der Waals surface area contributed by atoms with Crippen molar-refractivity contribution in [1.29, 1.82) is 0 Å². The summed E-state index contributed by atoms with van der Waals surface area (Å²) >= 11 is 14.1. The van der Waals surface area contributed by atoms with Crippen molar-refractivity contribution in [2.45, 2.75) is 57.3 Å². The molecular weight excluding hydrogens is 653 g/mol. The molecule has 6 rings (SSSR count). The lowest BCUT2D eigenvalue weighted by atomic mass is 9.72. The largest absolute Gasteiger partial charge is 0.480 e. The first-order valence-electron chi connectivity index (χ1n) is 16.0. The van der Waals surface area contributed by atoms with Crippen LogP contribution in [0.5, 0.6) is 11.8 Å². The minimum Gasteiger partial charge on any atom is -0.480 e. The van der Waals surface area contributed by atoms with E-state index in [0.29, 0.717) is 87.7 Å². The molecule has 0 bridgehead atoms. The number of halogens is 2. The maximum atomic E-state index is 11.5. The van der Waals surface area contributed by atoms with Crippen molar-refractivity contribution in [3.05, 3.63) is 70.2 Å². The van der Waals surface area contributed by atoms with E-state index >= 15 is 0 Å². The summed E-state index contributed by atoms with van der Waals surface area (Å²) in [6.45, 7) is 4.23. The van der Waals surface area contributed by atoms with E-state index in [0.717, 1.165) is 36.9 Å². The molecule has 0 spiro atoms. The first-order valence-corrected chi connectivity index (χ1v) is 16.7. The Morgan fingerprint density at radius 3 is 1.81 bits per heavy atom. The molecule has 0 unspecified atom stereocenters. The first kappa shape index (κ1) is 34.0. The highest BCUT2D eigenvalue weighted by Crippen LogP contribution is 2.42. The molecule has 1 atom stereocenters. The Morgan fingerprint density at radius 1 is 0.854 bits per heavy atom. The Balaban J connectivity index is 1.19. The van der Waals surface area contributed by atoms with E-state index in [-0.39, 0.29) is 11.9 Å².